The average Bonchev–Trinajstić information content (AvgIpc) is 2.89. The van der Waals surface area contributed by atoms with Crippen LogP contribution in [0.15, 0.2) is 27.6 Å². The Hall–Kier alpha value is -0.150. The Kier molecular flexibility index (Phi) is 3.40. The molecule has 17 heavy (non-hydrogen) atoms. The number of hydrogen-bond acceptors (Lipinski definition) is 2. The summed E-state index contributed by atoms with van der Waals surface area (Å²) in [7, 11) is 0. The number of halogens is 1. The summed E-state index contributed by atoms with van der Waals surface area (Å²) >= 11 is 5.40. The lowest BCUT2D eigenvalue weighted by atomic mass is 9.90. The van der Waals surface area contributed by atoms with Crippen LogP contribution in [0.1, 0.15) is 25.7 Å². The van der Waals surface area contributed by atoms with E-state index in [1.165, 1.54) is 36.3 Å². The first-order valence-corrected chi connectivity index (χ1v) is 8.18. The van der Waals surface area contributed by atoms with E-state index in [-0.39, 0.29) is 0 Å². The van der Waals surface area contributed by atoms with Crippen LogP contribution in [0.3, 0.4) is 0 Å². The fourth-order valence-corrected chi connectivity index (χ4v) is 5.00. The molecule has 2 saturated carbocycles. The van der Waals surface area contributed by atoms with E-state index >= 15 is 0 Å². The number of hydrogen-bond donors (Lipinski definition) is 1. The molecule has 0 heterocycles. The van der Waals surface area contributed by atoms with Crippen molar-refractivity contribution in [3.8, 4) is 0 Å². The van der Waals surface area contributed by atoms with Crippen molar-refractivity contribution >= 4 is 33.4 Å². The molecule has 2 bridgehead atoms. The third-order valence-electron chi connectivity index (χ3n) is 4.31. The second kappa shape index (κ2) is 4.85. The first-order valence-electron chi connectivity index (χ1n) is 6.40. The van der Waals surface area contributed by atoms with E-state index in [9.17, 15) is 0 Å². The molecular formula is C14H18BrNS. The zero-order valence-corrected chi connectivity index (χ0v) is 12.3. The van der Waals surface area contributed by atoms with Crippen LogP contribution in [-0.4, -0.2) is 5.75 Å². The van der Waals surface area contributed by atoms with Gasteiger partial charge in [0.1, 0.15) is 0 Å². The summed E-state index contributed by atoms with van der Waals surface area (Å²) in [5.74, 6) is 4.27. The topological polar surface area (TPSA) is 26.0 Å². The molecule has 2 aliphatic carbocycles. The minimum atomic E-state index is 0.910. The van der Waals surface area contributed by atoms with Gasteiger partial charge < -0.3 is 5.73 Å². The van der Waals surface area contributed by atoms with Gasteiger partial charge in [-0.25, -0.2) is 0 Å². The van der Waals surface area contributed by atoms with E-state index in [1.807, 2.05) is 17.8 Å². The Morgan fingerprint density at radius 1 is 1.29 bits per heavy atom. The lowest BCUT2D eigenvalue weighted by molar-refractivity contribution is 0.365. The number of benzene rings is 1. The van der Waals surface area contributed by atoms with Crippen LogP contribution in [0.5, 0.6) is 0 Å². The molecule has 92 valence electrons. The fraction of sp³-hybridized carbons (Fsp3) is 0.571. The van der Waals surface area contributed by atoms with E-state index in [2.05, 4.69) is 28.1 Å². The van der Waals surface area contributed by atoms with Crippen LogP contribution >= 0.6 is 27.7 Å². The summed E-state index contributed by atoms with van der Waals surface area (Å²) in [6, 6.07) is 6.22. The molecule has 0 amide bonds. The van der Waals surface area contributed by atoms with Gasteiger partial charge in [-0.15, -0.1) is 11.8 Å². The predicted molar refractivity (Wildman–Crippen MR) is 78.2 cm³/mol. The molecule has 1 nitrogen and oxygen atoms in total. The van der Waals surface area contributed by atoms with E-state index in [1.54, 1.807) is 0 Å². The predicted octanol–water partition coefficient (Wildman–Crippen LogP) is 4.56. The van der Waals surface area contributed by atoms with Gasteiger partial charge in [0, 0.05) is 20.8 Å². The van der Waals surface area contributed by atoms with Gasteiger partial charge in [0.15, 0.2) is 0 Å². The van der Waals surface area contributed by atoms with Crippen LogP contribution in [0.2, 0.25) is 0 Å². The zero-order valence-electron chi connectivity index (χ0n) is 9.86. The van der Waals surface area contributed by atoms with Gasteiger partial charge >= 0.3 is 0 Å². The first-order chi connectivity index (χ1) is 8.22. The molecule has 2 fully saturated rings. The maximum absolute atomic E-state index is 6.03. The number of thioether (sulfide) groups is 1. The van der Waals surface area contributed by atoms with Crippen LogP contribution in [0, 0.1) is 17.8 Å². The van der Waals surface area contributed by atoms with Crippen LogP contribution in [0.4, 0.5) is 5.69 Å². The Bertz CT molecular complexity index is 421. The minimum Gasteiger partial charge on any atom is -0.398 e. The van der Waals surface area contributed by atoms with Gasteiger partial charge in [0.2, 0.25) is 0 Å². The molecule has 2 aliphatic rings. The summed E-state index contributed by atoms with van der Waals surface area (Å²) in [5.41, 5.74) is 6.94. The summed E-state index contributed by atoms with van der Waals surface area (Å²) in [6.45, 7) is 0. The molecule has 0 aliphatic heterocycles. The highest BCUT2D eigenvalue weighted by Gasteiger charge is 2.39. The van der Waals surface area contributed by atoms with Crippen molar-refractivity contribution in [2.75, 3.05) is 11.5 Å². The minimum absolute atomic E-state index is 0.910. The summed E-state index contributed by atoms with van der Waals surface area (Å²) in [5, 5.41) is 0. The summed E-state index contributed by atoms with van der Waals surface area (Å²) in [4.78, 5) is 1.25. The zero-order chi connectivity index (χ0) is 11.8. The number of nitrogen functional groups attached to an aromatic ring is 1. The maximum Gasteiger partial charge on any atom is 0.0463 e. The third kappa shape index (κ3) is 2.50. The lowest BCUT2D eigenvalue weighted by Gasteiger charge is -2.21. The smallest absolute Gasteiger partial charge is 0.0463 e. The standard InChI is InChI=1S/C14H18BrNS/c15-12-3-4-14(13(16)7-12)17-8-11-6-9-1-2-10(11)5-9/h3-4,7,9-11H,1-2,5-6,8,16H2. The molecule has 3 atom stereocenters. The van der Waals surface area contributed by atoms with Crippen LogP contribution < -0.4 is 5.73 Å². The van der Waals surface area contributed by atoms with E-state index in [4.69, 9.17) is 5.73 Å². The van der Waals surface area contributed by atoms with Crippen molar-refractivity contribution in [2.24, 2.45) is 17.8 Å². The third-order valence-corrected chi connectivity index (χ3v) is 6.08. The lowest BCUT2D eigenvalue weighted by Crippen LogP contribution is -2.12. The Morgan fingerprint density at radius 2 is 2.18 bits per heavy atom. The first kappa shape index (κ1) is 11.9. The SMILES string of the molecule is Nc1cc(Br)ccc1SCC1CC2CCC1C2. The Balaban J connectivity index is 1.60. The largest absolute Gasteiger partial charge is 0.398 e. The van der Waals surface area contributed by atoms with E-state index in [0.29, 0.717) is 0 Å². The van der Waals surface area contributed by atoms with Crippen LogP contribution in [0.25, 0.3) is 0 Å². The molecule has 0 spiro atoms. The molecule has 1 aromatic carbocycles. The Morgan fingerprint density at radius 3 is 2.82 bits per heavy atom. The number of anilines is 1. The molecule has 2 N–H and O–H groups in total. The Labute approximate surface area is 116 Å². The van der Waals surface area contributed by atoms with Crippen molar-refractivity contribution in [1.82, 2.24) is 0 Å². The molecule has 0 radical (unpaired) electrons. The highest BCUT2D eigenvalue weighted by molar-refractivity contribution is 9.10. The fourth-order valence-electron chi connectivity index (χ4n) is 3.43. The highest BCUT2D eigenvalue weighted by atomic mass is 79.9. The van der Waals surface area contributed by atoms with Crippen molar-refractivity contribution < 1.29 is 0 Å². The van der Waals surface area contributed by atoms with Crippen molar-refractivity contribution in [1.29, 1.82) is 0 Å². The van der Waals surface area contributed by atoms with E-state index < -0.39 is 0 Å². The van der Waals surface area contributed by atoms with Crippen molar-refractivity contribution in [3.05, 3.63) is 22.7 Å². The van der Waals surface area contributed by atoms with Crippen molar-refractivity contribution in [2.45, 2.75) is 30.6 Å². The summed E-state index contributed by atoms with van der Waals surface area (Å²) in [6.07, 6.45) is 5.94. The number of fused-ring (bicyclic) bond motifs is 2. The summed E-state index contributed by atoms with van der Waals surface area (Å²) < 4.78 is 1.07. The normalized spacial score (nSPS) is 31.0. The number of rotatable bonds is 3. The molecule has 3 unspecified atom stereocenters. The second-order valence-corrected chi connectivity index (χ2v) is 7.41. The van der Waals surface area contributed by atoms with Gasteiger partial charge in [0.25, 0.3) is 0 Å². The van der Waals surface area contributed by atoms with Crippen LogP contribution in [-0.2, 0) is 0 Å². The molecule has 0 aromatic heterocycles. The molecular weight excluding hydrogens is 294 g/mol. The van der Waals surface area contributed by atoms with Gasteiger partial charge in [0.05, 0.1) is 0 Å². The van der Waals surface area contributed by atoms with Gasteiger partial charge in [-0.05, 0) is 55.2 Å². The van der Waals surface area contributed by atoms with E-state index in [0.717, 1.165) is 27.9 Å². The second-order valence-electron chi connectivity index (χ2n) is 5.43. The van der Waals surface area contributed by atoms with Gasteiger partial charge in [-0.2, -0.15) is 0 Å². The monoisotopic (exact) mass is 311 g/mol. The molecule has 3 heteroatoms. The van der Waals surface area contributed by atoms with Gasteiger partial charge in [-0.1, -0.05) is 22.4 Å². The highest BCUT2D eigenvalue weighted by Crippen LogP contribution is 2.49. The molecule has 0 saturated heterocycles. The number of nitrogens with two attached hydrogens (primary N) is 1. The van der Waals surface area contributed by atoms with Crippen molar-refractivity contribution in [3.63, 3.8) is 0 Å². The maximum atomic E-state index is 6.03. The average molecular weight is 312 g/mol. The molecule has 3 rings (SSSR count). The van der Waals surface area contributed by atoms with Gasteiger partial charge in [-0.3, -0.25) is 0 Å². The molecule has 1 aromatic rings. The quantitative estimate of drug-likeness (QED) is 0.654.